The summed E-state index contributed by atoms with van der Waals surface area (Å²) in [5.74, 6) is 0.805. The van der Waals surface area contributed by atoms with Crippen LogP contribution in [0, 0.1) is 0 Å². The molecule has 0 unspecified atom stereocenters. The minimum atomic E-state index is -0.526. The molecule has 0 saturated heterocycles. The Kier molecular flexibility index (Phi) is 7.13. The van der Waals surface area contributed by atoms with Crippen molar-refractivity contribution in [1.82, 2.24) is 9.55 Å². The van der Waals surface area contributed by atoms with Crippen LogP contribution in [0.1, 0.15) is 20.3 Å². The maximum Gasteiger partial charge on any atom is 0.257 e. The first-order valence-electron chi connectivity index (χ1n) is 9.57. The van der Waals surface area contributed by atoms with Crippen LogP contribution in [0.2, 0.25) is 0 Å². The highest BCUT2D eigenvalue weighted by atomic mass is 32.2. The number of nitrogens with one attached hydrogen (secondary N) is 1. The first-order valence-corrected chi connectivity index (χ1v) is 10.5. The molecule has 8 heteroatoms. The quantitative estimate of drug-likeness (QED) is 0.414. The zero-order valence-corrected chi connectivity index (χ0v) is 17.6. The van der Waals surface area contributed by atoms with Gasteiger partial charge in [0.2, 0.25) is 11.8 Å². The highest BCUT2D eigenvalue weighted by Crippen LogP contribution is 2.25. The molecule has 30 heavy (non-hydrogen) atoms. The second-order valence-corrected chi connectivity index (χ2v) is 7.88. The zero-order chi connectivity index (χ0) is 21.5. The number of aromatic nitrogens is 2. The van der Waals surface area contributed by atoms with E-state index in [-0.39, 0.29) is 17.3 Å². The minimum absolute atomic E-state index is 0.239. The van der Waals surface area contributed by atoms with Gasteiger partial charge in [-0.2, -0.15) is 4.98 Å². The smallest absolute Gasteiger partial charge is 0.257 e. The summed E-state index contributed by atoms with van der Waals surface area (Å²) in [5, 5.41) is 12.3. The summed E-state index contributed by atoms with van der Waals surface area (Å²) in [4.78, 5) is 28.7. The van der Waals surface area contributed by atoms with Crippen LogP contribution in [-0.4, -0.2) is 25.8 Å². The van der Waals surface area contributed by atoms with E-state index in [1.807, 2.05) is 37.3 Å². The molecule has 3 rings (SSSR count). The van der Waals surface area contributed by atoms with Crippen molar-refractivity contribution < 1.29 is 14.6 Å². The normalized spacial score (nSPS) is 11.7. The second-order valence-electron chi connectivity index (χ2n) is 6.58. The van der Waals surface area contributed by atoms with E-state index < -0.39 is 5.25 Å². The maximum atomic E-state index is 12.6. The predicted octanol–water partition coefficient (Wildman–Crippen LogP) is 4.27. The van der Waals surface area contributed by atoms with E-state index >= 15 is 0 Å². The number of carbonyl (C=O) groups is 1. The molecule has 0 saturated carbocycles. The van der Waals surface area contributed by atoms with E-state index in [0.717, 1.165) is 30.0 Å². The van der Waals surface area contributed by atoms with Gasteiger partial charge in [0, 0.05) is 12.2 Å². The first-order chi connectivity index (χ1) is 14.5. The second kappa shape index (κ2) is 9.98. The van der Waals surface area contributed by atoms with Gasteiger partial charge in [-0.1, -0.05) is 36.9 Å². The molecule has 0 aliphatic carbocycles. The summed E-state index contributed by atoms with van der Waals surface area (Å²) in [5.41, 5.74) is 0.288. The van der Waals surface area contributed by atoms with Crippen molar-refractivity contribution >= 4 is 23.4 Å². The number of nitrogens with zero attached hydrogens (tertiary/aromatic N) is 2. The lowest BCUT2D eigenvalue weighted by molar-refractivity contribution is -0.115. The molecule has 0 fully saturated rings. The monoisotopic (exact) mass is 425 g/mol. The Labute approximate surface area is 178 Å². The molecule has 0 bridgehead atoms. The molecule has 156 valence electrons. The lowest BCUT2D eigenvalue weighted by Gasteiger charge is -2.15. The summed E-state index contributed by atoms with van der Waals surface area (Å²) >= 11 is 1.13. The van der Waals surface area contributed by atoms with E-state index in [2.05, 4.69) is 10.3 Å². The molecule has 7 nitrogen and oxygen atoms in total. The van der Waals surface area contributed by atoms with Gasteiger partial charge in [0.1, 0.15) is 11.5 Å². The van der Waals surface area contributed by atoms with Gasteiger partial charge in [0.25, 0.3) is 5.56 Å². The molecule has 1 atom stereocenters. The number of ether oxygens (including phenoxy) is 1. The third-order valence-corrected chi connectivity index (χ3v) is 5.25. The van der Waals surface area contributed by atoms with Gasteiger partial charge in [-0.3, -0.25) is 14.2 Å². The number of thioether (sulfide) groups is 1. The van der Waals surface area contributed by atoms with Crippen molar-refractivity contribution in [2.75, 3.05) is 5.32 Å². The van der Waals surface area contributed by atoms with Gasteiger partial charge in [-0.25, -0.2) is 0 Å². The van der Waals surface area contributed by atoms with Crippen LogP contribution < -0.4 is 15.6 Å². The summed E-state index contributed by atoms with van der Waals surface area (Å²) in [7, 11) is 0. The van der Waals surface area contributed by atoms with E-state index in [4.69, 9.17) is 4.74 Å². The third-order valence-electron chi connectivity index (χ3n) is 4.16. The first kappa shape index (κ1) is 21.4. The largest absolute Gasteiger partial charge is 0.493 e. The van der Waals surface area contributed by atoms with Crippen LogP contribution >= 0.6 is 11.8 Å². The molecule has 3 aromatic rings. The average molecular weight is 426 g/mol. The highest BCUT2D eigenvalue weighted by molar-refractivity contribution is 8.00. The van der Waals surface area contributed by atoms with Crippen molar-refractivity contribution in [3.8, 4) is 17.4 Å². The molecule has 1 heterocycles. The Balaban J connectivity index is 1.64. The summed E-state index contributed by atoms with van der Waals surface area (Å²) in [6.07, 6.45) is 0.734. The molecular formula is C22H23N3O4S. The van der Waals surface area contributed by atoms with Crippen LogP contribution in [-0.2, 0) is 11.3 Å². The molecule has 0 spiro atoms. The molecule has 0 aliphatic rings. The lowest BCUT2D eigenvalue weighted by Crippen LogP contribution is -2.26. The van der Waals surface area contributed by atoms with Crippen LogP contribution in [0.3, 0.4) is 0 Å². The molecule has 0 radical (unpaired) electrons. The number of amides is 1. The molecule has 1 aromatic heterocycles. The summed E-state index contributed by atoms with van der Waals surface area (Å²) in [6, 6.07) is 17.6. The zero-order valence-electron chi connectivity index (χ0n) is 16.7. The number of benzene rings is 2. The number of hydrogen-bond acceptors (Lipinski definition) is 6. The summed E-state index contributed by atoms with van der Waals surface area (Å²) < 4.78 is 7.20. The van der Waals surface area contributed by atoms with Crippen LogP contribution in [0.15, 0.2) is 70.6 Å². The van der Waals surface area contributed by atoms with Crippen molar-refractivity contribution in [1.29, 1.82) is 0 Å². The van der Waals surface area contributed by atoms with Crippen molar-refractivity contribution in [3.05, 3.63) is 71.0 Å². The predicted molar refractivity (Wildman–Crippen MR) is 117 cm³/mol. The van der Waals surface area contributed by atoms with Crippen LogP contribution in [0.4, 0.5) is 5.69 Å². The topological polar surface area (TPSA) is 93.5 Å². The molecule has 1 amide bonds. The SMILES string of the molecule is CCCn1c(S[C@H](C)C(=O)Nc2ccc(Oc3ccccc3)cc2)nc(O)cc1=O. The standard InChI is InChI=1S/C22H23N3O4S/c1-3-13-25-20(27)14-19(26)24-22(25)30-15(2)21(28)23-16-9-11-18(12-10-16)29-17-7-5-4-6-8-17/h4-12,14-15,26H,3,13H2,1-2H3,(H,23,28)/t15-/m1/s1. The van der Waals surface area contributed by atoms with Crippen molar-refractivity contribution in [2.45, 2.75) is 37.2 Å². The Bertz CT molecular complexity index is 1050. The van der Waals surface area contributed by atoms with Gasteiger partial charge in [-0.05, 0) is 49.7 Å². The minimum Gasteiger partial charge on any atom is -0.493 e. The van der Waals surface area contributed by atoms with E-state index in [1.54, 1.807) is 31.2 Å². The fourth-order valence-corrected chi connectivity index (χ4v) is 3.62. The molecule has 2 N–H and O–H groups in total. The van der Waals surface area contributed by atoms with Gasteiger partial charge in [0.15, 0.2) is 5.16 Å². The van der Waals surface area contributed by atoms with Gasteiger partial charge in [0.05, 0.1) is 11.3 Å². The van der Waals surface area contributed by atoms with E-state index in [0.29, 0.717) is 23.1 Å². The maximum absolute atomic E-state index is 12.6. The Morgan fingerprint density at radius 1 is 1.17 bits per heavy atom. The number of para-hydroxylation sites is 1. The summed E-state index contributed by atoms with van der Waals surface area (Å²) in [6.45, 7) is 4.13. The number of rotatable bonds is 8. The van der Waals surface area contributed by atoms with Crippen LogP contribution in [0.25, 0.3) is 0 Å². The molecule has 0 aliphatic heterocycles. The average Bonchev–Trinajstić information content (AvgIpc) is 2.72. The van der Waals surface area contributed by atoms with E-state index in [1.165, 1.54) is 4.57 Å². The van der Waals surface area contributed by atoms with Crippen LogP contribution in [0.5, 0.6) is 17.4 Å². The highest BCUT2D eigenvalue weighted by Gasteiger charge is 2.19. The molecule has 2 aromatic carbocycles. The fourth-order valence-electron chi connectivity index (χ4n) is 2.68. The van der Waals surface area contributed by atoms with Gasteiger partial charge < -0.3 is 15.2 Å². The van der Waals surface area contributed by atoms with Gasteiger partial charge >= 0.3 is 0 Å². The van der Waals surface area contributed by atoms with Gasteiger partial charge in [-0.15, -0.1) is 0 Å². The molecular weight excluding hydrogens is 402 g/mol. The number of anilines is 1. The Hall–Kier alpha value is -3.26. The van der Waals surface area contributed by atoms with Crippen molar-refractivity contribution in [3.63, 3.8) is 0 Å². The lowest BCUT2D eigenvalue weighted by atomic mass is 10.3. The van der Waals surface area contributed by atoms with Crippen molar-refractivity contribution in [2.24, 2.45) is 0 Å². The Morgan fingerprint density at radius 2 is 1.83 bits per heavy atom. The number of carbonyl (C=O) groups excluding carboxylic acids is 1. The third kappa shape index (κ3) is 5.64. The number of hydrogen-bond donors (Lipinski definition) is 2. The number of aromatic hydroxyl groups is 1. The Morgan fingerprint density at radius 3 is 2.50 bits per heavy atom. The fraction of sp³-hybridized carbons (Fsp3) is 0.227. The van der Waals surface area contributed by atoms with E-state index in [9.17, 15) is 14.7 Å².